The van der Waals surface area contributed by atoms with Gasteiger partial charge in [0.05, 0.1) is 5.56 Å². The first-order chi connectivity index (χ1) is 12.5. The van der Waals surface area contributed by atoms with Gasteiger partial charge in [-0.1, -0.05) is 62.1 Å². The van der Waals surface area contributed by atoms with E-state index in [2.05, 4.69) is 0 Å². The summed E-state index contributed by atoms with van der Waals surface area (Å²) in [6.45, 7) is 0. The van der Waals surface area contributed by atoms with E-state index in [1.165, 1.54) is 0 Å². The highest BCUT2D eigenvalue weighted by atomic mass is 19.4. The highest BCUT2D eigenvalue weighted by Gasteiger charge is 2.29. The third-order valence-electron chi connectivity index (χ3n) is 4.62. The van der Waals surface area contributed by atoms with E-state index in [1.54, 1.807) is 12.1 Å². The summed E-state index contributed by atoms with van der Waals surface area (Å²) in [6.07, 6.45) is 4.99. The summed E-state index contributed by atoms with van der Waals surface area (Å²) in [5, 5.41) is 0. The molecule has 0 radical (unpaired) electrons. The second-order valence-electron chi connectivity index (χ2n) is 6.63. The number of alkyl halides is 3. The first kappa shape index (κ1) is 20.2. The minimum Gasteiger partial charge on any atom is -0.298 e. The van der Waals surface area contributed by atoms with Crippen molar-refractivity contribution in [2.24, 2.45) is 0 Å². The van der Waals surface area contributed by atoms with Crippen LogP contribution >= 0.6 is 0 Å². The number of carbonyl (C=O) groups excluding carboxylic acids is 1. The molecule has 0 spiro atoms. The third-order valence-corrected chi connectivity index (χ3v) is 4.62. The molecule has 0 aliphatic carbocycles. The van der Waals surface area contributed by atoms with Crippen LogP contribution in [-0.4, -0.2) is 6.29 Å². The first-order valence-electron chi connectivity index (χ1n) is 9.20. The molecule has 1 nitrogen and oxygen atoms in total. The molecule has 0 unspecified atom stereocenters. The number of halogens is 3. The summed E-state index contributed by atoms with van der Waals surface area (Å²) in [4.78, 5) is 11.0. The number of aldehydes is 1. The van der Waals surface area contributed by atoms with Gasteiger partial charge >= 0.3 is 6.18 Å². The standard InChI is InChI=1S/C22H25F3O/c23-22(24,25)21-15-13-18(14-16-21)9-5-3-1-2-4-6-10-19-11-7-8-12-20(19)17-26/h7-8,11-17H,1-6,9-10H2. The fourth-order valence-corrected chi connectivity index (χ4v) is 3.09. The van der Waals surface area contributed by atoms with Gasteiger partial charge in [-0.05, 0) is 48.9 Å². The highest BCUT2D eigenvalue weighted by molar-refractivity contribution is 5.77. The molecule has 140 valence electrons. The second-order valence-corrected chi connectivity index (χ2v) is 6.63. The van der Waals surface area contributed by atoms with Crippen LogP contribution in [0.1, 0.15) is 65.6 Å². The molecule has 0 saturated carbocycles. The Morgan fingerprint density at radius 3 is 1.92 bits per heavy atom. The van der Waals surface area contributed by atoms with Crippen molar-refractivity contribution in [1.29, 1.82) is 0 Å². The van der Waals surface area contributed by atoms with Crippen LogP contribution in [0, 0.1) is 0 Å². The average molecular weight is 362 g/mol. The van der Waals surface area contributed by atoms with Crippen LogP contribution in [0.25, 0.3) is 0 Å². The van der Waals surface area contributed by atoms with Crippen LogP contribution in [0.4, 0.5) is 13.2 Å². The molecular formula is C22H25F3O. The molecule has 0 saturated heterocycles. The van der Waals surface area contributed by atoms with Crippen LogP contribution in [0.2, 0.25) is 0 Å². The summed E-state index contributed by atoms with van der Waals surface area (Å²) in [5.74, 6) is 0. The van der Waals surface area contributed by atoms with Gasteiger partial charge in [0.15, 0.2) is 0 Å². The van der Waals surface area contributed by atoms with Crippen LogP contribution in [0.15, 0.2) is 48.5 Å². The second kappa shape index (κ2) is 10.1. The van der Waals surface area contributed by atoms with Crippen molar-refractivity contribution in [2.75, 3.05) is 0 Å². The van der Waals surface area contributed by atoms with Gasteiger partial charge in [-0.3, -0.25) is 4.79 Å². The topological polar surface area (TPSA) is 17.1 Å². The predicted octanol–water partition coefficient (Wildman–Crippen LogP) is 6.64. The van der Waals surface area contributed by atoms with E-state index >= 15 is 0 Å². The summed E-state index contributed by atoms with van der Waals surface area (Å²) in [7, 11) is 0. The van der Waals surface area contributed by atoms with Gasteiger partial charge in [-0.25, -0.2) is 0 Å². The molecule has 0 atom stereocenters. The quantitative estimate of drug-likeness (QED) is 0.342. The number of aryl methyl sites for hydroxylation is 2. The van der Waals surface area contributed by atoms with E-state index in [1.807, 2.05) is 24.3 Å². The van der Waals surface area contributed by atoms with E-state index < -0.39 is 11.7 Å². The Morgan fingerprint density at radius 2 is 1.31 bits per heavy atom. The van der Waals surface area contributed by atoms with Crippen LogP contribution in [0.3, 0.4) is 0 Å². The van der Waals surface area contributed by atoms with Gasteiger partial charge in [0.25, 0.3) is 0 Å². The maximum absolute atomic E-state index is 12.5. The van der Waals surface area contributed by atoms with Gasteiger partial charge in [0.2, 0.25) is 0 Å². The molecule has 2 aromatic rings. The molecular weight excluding hydrogens is 337 g/mol. The zero-order valence-corrected chi connectivity index (χ0v) is 14.9. The maximum atomic E-state index is 12.5. The van der Waals surface area contributed by atoms with Crippen molar-refractivity contribution in [2.45, 2.75) is 57.5 Å². The number of carbonyl (C=O) groups is 1. The Kier molecular flexibility index (Phi) is 7.89. The molecule has 2 rings (SSSR count). The number of unbranched alkanes of at least 4 members (excludes halogenated alkanes) is 5. The summed E-state index contributed by atoms with van der Waals surface area (Å²) in [6, 6.07) is 13.2. The Balaban J connectivity index is 1.56. The van der Waals surface area contributed by atoms with E-state index in [0.29, 0.717) is 0 Å². The number of hydrogen-bond donors (Lipinski definition) is 0. The minimum absolute atomic E-state index is 0.586. The lowest BCUT2D eigenvalue weighted by Crippen LogP contribution is -2.04. The Hall–Kier alpha value is -2.10. The highest BCUT2D eigenvalue weighted by Crippen LogP contribution is 2.29. The van der Waals surface area contributed by atoms with Crippen LogP contribution < -0.4 is 0 Å². The van der Waals surface area contributed by atoms with Crippen molar-refractivity contribution in [3.8, 4) is 0 Å². The molecule has 0 bridgehead atoms. The SMILES string of the molecule is O=Cc1ccccc1CCCCCCCCc1ccc(C(F)(F)F)cc1. The first-order valence-corrected chi connectivity index (χ1v) is 9.20. The van der Waals surface area contributed by atoms with Crippen LogP contribution in [0.5, 0.6) is 0 Å². The summed E-state index contributed by atoms with van der Waals surface area (Å²) in [5.41, 5.74) is 2.27. The van der Waals surface area contributed by atoms with E-state index in [9.17, 15) is 18.0 Å². The van der Waals surface area contributed by atoms with Crippen molar-refractivity contribution in [1.82, 2.24) is 0 Å². The van der Waals surface area contributed by atoms with Gasteiger partial charge < -0.3 is 0 Å². The fraction of sp³-hybridized carbons (Fsp3) is 0.409. The van der Waals surface area contributed by atoms with Gasteiger partial charge in [0, 0.05) is 5.56 Å². The molecule has 0 aliphatic rings. The van der Waals surface area contributed by atoms with Crippen molar-refractivity contribution in [3.05, 3.63) is 70.8 Å². The molecule has 0 heterocycles. The minimum atomic E-state index is -4.26. The molecule has 0 aliphatic heterocycles. The number of benzene rings is 2. The molecule has 0 amide bonds. The number of rotatable bonds is 10. The lowest BCUT2D eigenvalue weighted by molar-refractivity contribution is -0.137. The lowest BCUT2D eigenvalue weighted by Gasteiger charge is -2.08. The normalized spacial score (nSPS) is 11.5. The number of hydrogen-bond acceptors (Lipinski definition) is 1. The van der Waals surface area contributed by atoms with Crippen molar-refractivity contribution < 1.29 is 18.0 Å². The maximum Gasteiger partial charge on any atom is 0.416 e. The van der Waals surface area contributed by atoms with Gasteiger partial charge in [-0.2, -0.15) is 13.2 Å². The average Bonchev–Trinajstić information content (AvgIpc) is 2.64. The van der Waals surface area contributed by atoms with Crippen LogP contribution in [-0.2, 0) is 19.0 Å². The molecule has 0 N–H and O–H groups in total. The monoisotopic (exact) mass is 362 g/mol. The molecule has 0 aromatic heterocycles. The third kappa shape index (κ3) is 6.66. The van der Waals surface area contributed by atoms with E-state index in [0.717, 1.165) is 86.5 Å². The lowest BCUT2D eigenvalue weighted by atomic mass is 10.0. The molecule has 0 fully saturated rings. The predicted molar refractivity (Wildman–Crippen MR) is 98.4 cm³/mol. The van der Waals surface area contributed by atoms with Gasteiger partial charge in [0.1, 0.15) is 6.29 Å². The Morgan fingerprint density at radius 1 is 0.731 bits per heavy atom. The molecule has 2 aromatic carbocycles. The zero-order chi connectivity index (χ0) is 18.8. The Bertz CT molecular complexity index is 675. The molecule has 26 heavy (non-hydrogen) atoms. The zero-order valence-electron chi connectivity index (χ0n) is 14.9. The summed E-state index contributed by atoms with van der Waals surface area (Å²) >= 11 is 0. The van der Waals surface area contributed by atoms with Crippen molar-refractivity contribution in [3.63, 3.8) is 0 Å². The largest absolute Gasteiger partial charge is 0.416 e. The van der Waals surface area contributed by atoms with E-state index in [-0.39, 0.29) is 0 Å². The fourth-order valence-electron chi connectivity index (χ4n) is 3.09. The Labute approximate surface area is 153 Å². The van der Waals surface area contributed by atoms with E-state index in [4.69, 9.17) is 0 Å². The smallest absolute Gasteiger partial charge is 0.298 e. The summed E-state index contributed by atoms with van der Waals surface area (Å²) < 4.78 is 37.5. The molecule has 4 heteroatoms. The van der Waals surface area contributed by atoms with Gasteiger partial charge in [-0.15, -0.1) is 0 Å². The van der Waals surface area contributed by atoms with Crippen molar-refractivity contribution >= 4 is 6.29 Å².